The molecule has 198 valence electrons. The van der Waals surface area contributed by atoms with E-state index in [9.17, 15) is 4.39 Å². The Balaban J connectivity index is 0.00000171. The minimum absolute atomic E-state index is 0. The summed E-state index contributed by atoms with van der Waals surface area (Å²) in [6, 6.07) is 7.14. The Bertz CT molecular complexity index is 897. The number of halogens is 3. The van der Waals surface area contributed by atoms with Gasteiger partial charge in [0, 0.05) is 35.2 Å². The Morgan fingerprint density at radius 1 is 0.886 bits per heavy atom. The maximum Gasteiger partial charge on any atom is 0.123 e. The molecule has 0 spiro atoms. The van der Waals surface area contributed by atoms with Crippen LogP contribution >= 0.6 is 24.8 Å². The molecule has 1 heterocycles. The molecule has 1 atom stereocenters. The Morgan fingerprint density at radius 2 is 1.54 bits per heavy atom. The largest absolute Gasteiger partial charge is 0.344 e. The number of fused-ring (bicyclic) bond motifs is 1. The Morgan fingerprint density at radius 3 is 2.23 bits per heavy atom. The van der Waals surface area contributed by atoms with Crippen molar-refractivity contribution >= 4 is 35.7 Å². The lowest BCUT2D eigenvalue weighted by atomic mass is 9.75. The Labute approximate surface area is 224 Å². The summed E-state index contributed by atoms with van der Waals surface area (Å²) < 4.78 is 17.0. The second kappa shape index (κ2) is 13.7. The van der Waals surface area contributed by atoms with Crippen LogP contribution in [-0.2, 0) is 0 Å². The first-order valence-corrected chi connectivity index (χ1v) is 14.0. The summed E-state index contributed by atoms with van der Waals surface area (Å²) in [6.45, 7) is 1.06. The summed E-state index contributed by atoms with van der Waals surface area (Å²) in [4.78, 5) is 0. The Kier molecular flexibility index (Phi) is 11.2. The molecule has 0 aliphatic heterocycles. The molecule has 0 saturated heterocycles. The number of rotatable bonds is 7. The van der Waals surface area contributed by atoms with E-state index >= 15 is 0 Å². The van der Waals surface area contributed by atoms with E-state index in [4.69, 9.17) is 5.73 Å². The molecule has 0 bridgehead atoms. The molecule has 2 aromatic rings. The predicted octanol–water partition coefficient (Wildman–Crippen LogP) is 8.04. The van der Waals surface area contributed by atoms with Crippen LogP contribution in [0.5, 0.6) is 0 Å². The number of hydrogen-bond acceptors (Lipinski definition) is 2. The molecule has 3 saturated carbocycles. The van der Waals surface area contributed by atoms with Gasteiger partial charge in [-0.3, -0.25) is 0 Å². The number of nitrogens with one attached hydrogen (secondary N) is 1. The van der Waals surface area contributed by atoms with Crippen LogP contribution in [-0.4, -0.2) is 23.2 Å². The van der Waals surface area contributed by atoms with Crippen LogP contribution < -0.4 is 11.1 Å². The van der Waals surface area contributed by atoms with Crippen molar-refractivity contribution in [3.8, 4) is 0 Å². The summed E-state index contributed by atoms with van der Waals surface area (Å²) in [5.41, 5.74) is 8.80. The normalized spacial score (nSPS) is 25.1. The highest BCUT2D eigenvalue weighted by Gasteiger charge is 2.29. The molecule has 3 aliphatic carbocycles. The van der Waals surface area contributed by atoms with Gasteiger partial charge in [-0.05, 0) is 99.9 Å². The van der Waals surface area contributed by atoms with Gasteiger partial charge in [-0.25, -0.2) is 4.39 Å². The van der Waals surface area contributed by atoms with Crippen molar-refractivity contribution in [1.29, 1.82) is 0 Å². The molecule has 3 aliphatic rings. The average molecular weight is 527 g/mol. The van der Waals surface area contributed by atoms with E-state index in [1.165, 1.54) is 93.5 Å². The van der Waals surface area contributed by atoms with E-state index < -0.39 is 0 Å². The highest BCUT2D eigenvalue weighted by molar-refractivity contribution is 5.86. The summed E-state index contributed by atoms with van der Waals surface area (Å²) >= 11 is 0. The molecule has 3 nitrogen and oxygen atoms in total. The standard InChI is InChI=1S/C29H44FN3.2ClH/c30-22-11-16-29-27(19-22)28(20-33(29)25-9-5-2-6-10-25)26(21-7-3-1-4-8-21)17-18-32-24-14-12-23(31)13-15-24;;/h11,16,19-21,23-26,32H,1-10,12-15,17-18,31H2;2*1H. The summed E-state index contributed by atoms with van der Waals surface area (Å²) in [7, 11) is 0. The van der Waals surface area contributed by atoms with Gasteiger partial charge in [0.05, 0.1) is 0 Å². The SMILES string of the molecule is Cl.Cl.NC1CCC(NCCC(c2cn(C3CCCCC3)c3ccc(F)cc23)C2CCCCC2)CC1. The van der Waals surface area contributed by atoms with Crippen molar-refractivity contribution in [2.24, 2.45) is 11.7 Å². The molecule has 0 radical (unpaired) electrons. The molecular formula is C29H46Cl2FN3. The fraction of sp³-hybridized carbons (Fsp3) is 0.724. The molecule has 5 rings (SSSR count). The lowest BCUT2D eigenvalue weighted by molar-refractivity contribution is 0.282. The van der Waals surface area contributed by atoms with Crippen LogP contribution in [0.1, 0.15) is 114 Å². The van der Waals surface area contributed by atoms with E-state index in [1.807, 2.05) is 12.1 Å². The van der Waals surface area contributed by atoms with Gasteiger partial charge in [-0.15, -0.1) is 24.8 Å². The minimum atomic E-state index is -0.0933. The number of nitrogens with two attached hydrogens (primary N) is 1. The third kappa shape index (κ3) is 6.94. The van der Waals surface area contributed by atoms with Crippen LogP contribution in [0.2, 0.25) is 0 Å². The third-order valence-corrected chi connectivity index (χ3v) is 9.07. The van der Waals surface area contributed by atoms with E-state index in [2.05, 4.69) is 16.1 Å². The topological polar surface area (TPSA) is 43.0 Å². The monoisotopic (exact) mass is 525 g/mol. The first kappa shape index (κ1) is 28.8. The molecule has 1 unspecified atom stereocenters. The van der Waals surface area contributed by atoms with Gasteiger partial charge in [-0.1, -0.05) is 38.5 Å². The molecule has 35 heavy (non-hydrogen) atoms. The molecule has 0 amide bonds. The maximum atomic E-state index is 14.5. The van der Waals surface area contributed by atoms with E-state index in [0.29, 0.717) is 24.0 Å². The van der Waals surface area contributed by atoms with Gasteiger partial charge < -0.3 is 15.6 Å². The zero-order chi connectivity index (χ0) is 22.6. The van der Waals surface area contributed by atoms with Crippen LogP contribution in [0.15, 0.2) is 24.4 Å². The van der Waals surface area contributed by atoms with Crippen LogP contribution in [0.4, 0.5) is 4.39 Å². The maximum absolute atomic E-state index is 14.5. The number of nitrogens with zero attached hydrogens (tertiary/aromatic N) is 1. The highest BCUT2D eigenvalue weighted by Crippen LogP contribution is 2.43. The van der Waals surface area contributed by atoms with Crippen LogP contribution in [0.3, 0.4) is 0 Å². The molecule has 3 fully saturated rings. The second-order valence-electron chi connectivity index (χ2n) is 11.3. The van der Waals surface area contributed by atoms with E-state index in [1.54, 1.807) is 6.07 Å². The zero-order valence-corrected chi connectivity index (χ0v) is 22.9. The number of aromatic nitrogens is 1. The number of hydrogen-bond donors (Lipinski definition) is 2. The fourth-order valence-corrected chi connectivity index (χ4v) is 7.16. The van der Waals surface area contributed by atoms with Crippen LogP contribution in [0, 0.1) is 11.7 Å². The summed E-state index contributed by atoms with van der Waals surface area (Å²) in [5, 5.41) is 5.06. The van der Waals surface area contributed by atoms with Gasteiger partial charge in [0.15, 0.2) is 0 Å². The van der Waals surface area contributed by atoms with Crippen molar-refractivity contribution < 1.29 is 4.39 Å². The van der Waals surface area contributed by atoms with Crippen molar-refractivity contribution in [3.63, 3.8) is 0 Å². The quantitative estimate of drug-likeness (QED) is 0.383. The summed E-state index contributed by atoms with van der Waals surface area (Å²) in [5.74, 6) is 1.16. The van der Waals surface area contributed by atoms with Crippen molar-refractivity contribution in [3.05, 3.63) is 35.8 Å². The minimum Gasteiger partial charge on any atom is -0.344 e. The lowest BCUT2D eigenvalue weighted by Crippen LogP contribution is -2.38. The van der Waals surface area contributed by atoms with Crippen molar-refractivity contribution in [2.45, 2.75) is 120 Å². The molecule has 3 N–H and O–H groups in total. The molecular weight excluding hydrogens is 480 g/mol. The van der Waals surface area contributed by atoms with E-state index in [0.717, 1.165) is 31.7 Å². The predicted molar refractivity (Wildman–Crippen MR) is 151 cm³/mol. The molecule has 6 heteroatoms. The Hall–Kier alpha value is -0.810. The van der Waals surface area contributed by atoms with Crippen molar-refractivity contribution in [2.75, 3.05) is 6.54 Å². The van der Waals surface area contributed by atoms with Gasteiger partial charge in [0.1, 0.15) is 5.82 Å². The van der Waals surface area contributed by atoms with E-state index in [-0.39, 0.29) is 30.6 Å². The average Bonchev–Trinajstić information content (AvgIpc) is 3.22. The third-order valence-electron chi connectivity index (χ3n) is 9.07. The van der Waals surface area contributed by atoms with Gasteiger partial charge in [0.25, 0.3) is 0 Å². The summed E-state index contributed by atoms with van der Waals surface area (Å²) in [6.07, 6.45) is 21.6. The first-order valence-electron chi connectivity index (χ1n) is 14.0. The molecule has 1 aromatic heterocycles. The first-order chi connectivity index (χ1) is 16.2. The second-order valence-corrected chi connectivity index (χ2v) is 11.3. The van der Waals surface area contributed by atoms with Gasteiger partial charge in [-0.2, -0.15) is 0 Å². The smallest absolute Gasteiger partial charge is 0.123 e. The molecule has 1 aromatic carbocycles. The van der Waals surface area contributed by atoms with Gasteiger partial charge >= 0.3 is 0 Å². The van der Waals surface area contributed by atoms with Gasteiger partial charge in [0.2, 0.25) is 0 Å². The lowest BCUT2D eigenvalue weighted by Gasteiger charge is -2.32. The van der Waals surface area contributed by atoms with Crippen LogP contribution in [0.25, 0.3) is 10.9 Å². The number of benzene rings is 1. The zero-order valence-electron chi connectivity index (χ0n) is 21.2. The highest BCUT2D eigenvalue weighted by atomic mass is 35.5. The fourth-order valence-electron chi connectivity index (χ4n) is 7.16. The van der Waals surface area contributed by atoms with Crippen molar-refractivity contribution in [1.82, 2.24) is 9.88 Å².